The number of allylic oxidation sites excluding steroid dienone is 1. The summed E-state index contributed by atoms with van der Waals surface area (Å²) in [6.07, 6.45) is 1.76. The normalized spacial score (nSPS) is 14.6. The van der Waals surface area contributed by atoms with Gasteiger partial charge in [-0.3, -0.25) is 9.36 Å². The summed E-state index contributed by atoms with van der Waals surface area (Å²) in [4.78, 5) is 32.3. The van der Waals surface area contributed by atoms with Crippen molar-refractivity contribution in [2.45, 2.75) is 33.4 Å². The quantitative estimate of drug-likeness (QED) is 0.166. The van der Waals surface area contributed by atoms with E-state index in [4.69, 9.17) is 42.1 Å². The van der Waals surface area contributed by atoms with Crippen molar-refractivity contribution in [3.8, 4) is 17.2 Å². The van der Waals surface area contributed by atoms with Gasteiger partial charge in [-0.2, -0.15) is 0 Å². The Morgan fingerprint density at radius 1 is 1.07 bits per heavy atom. The van der Waals surface area contributed by atoms with Crippen molar-refractivity contribution in [1.82, 2.24) is 4.57 Å². The second-order valence-electron chi connectivity index (χ2n) is 9.86. The molecule has 0 unspecified atom stereocenters. The van der Waals surface area contributed by atoms with Gasteiger partial charge in [-0.1, -0.05) is 52.7 Å². The Morgan fingerprint density at radius 2 is 1.82 bits per heavy atom. The predicted octanol–water partition coefficient (Wildman–Crippen LogP) is 6.85. The number of fused-ring (bicyclic) bond motifs is 1. The third-order valence-corrected chi connectivity index (χ3v) is 9.12. The number of nitrogens with zero attached hydrogens (tertiary/aromatic N) is 2. The van der Waals surface area contributed by atoms with Crippen LogP contribution in [0.2, 0.25) is 10.0 Å². The first kappa shape index (κ1) is 32.8. The van der Waals surface area contributed by atoms with E-state index in [2.05, 4.69) is 20.9 Å². The molecule has 0 aliphatic carbocycles. The molecule has 5 rings (SSSR count). The largest absolute Gasteiger partial charge is 0.494 e. The van der Waals surface area contributed by atoms with Crippen LogP contribution in [0, 0.1) is 0 Å². The van der Waals surface area contributed by atoms with Crippen LogP contribution in [0.1, 0.15) is 43.5 Å². The zero-order chi connectivity index (χ0) is 32.2. The molecule has 2 heterocycles. The zero-order valence-corrected chi connectivity index (χ0v) is 28.8. The van der Waals surface area contributed by atoms with E-state index in [1.165, 1.54) is 18.4 Å². The Kier molecular flexibility index (Phi) is 10.4. The number of rotatable bonds is 10. The number of methoxy groups -OCH3 is 1. The number of aromatic nitrogens is 1. The molecule has 234 valence electrons. The maximum absolute atomic E-state index is 14.0. The average Bonchev–Trinajstić information content (AvgIpc) is 3.30. The number of esters is 1. The number of halogens is 3. The maximum atomic E-state index is 14.0. The van der Waals surface area contributed by atoms with Gasteiger partial charge in [0.15, 0.2) is 16.3 Å². The highest BCUT2D eigenvalue weighted by molar-refractivity contribution is 9.10. The Morgan fingerprint density at radius 3 is 2.49 bits per heavy atom. The van der Waals surface area contributed by atoms with Crippen molar-refractivity contribution in [3.05, 3.63) is 117 Å². The fraction of sp³-hybridized carbons (Fsp3) is 0.242. The molecule has 0 fully saturated rings. The number of ether oxygens (including phenoxy) is 4. The van der Waals surface area contributed by atoms with Crippen molar-refractivity contribution in [2.24, 2.45) is 4.99 Å². The summed E-state index contributed by atoms with van der Waals surface area (Å²) >= 11 is 17.2. The van der Waals surface area contributed by atoms with Crippen LogP contribution in [0.5, 0.6) is 17.2 Å². The molecule has 12 heteroatoms. The second kappa shape index (κ2) is 14.2. The number of thiazole rings is 1. The SMILES string of the molecule is CCOC(=O)C1=C(C)N=c2s/c(=C\c3cc(Br)c(OCc4ccc(Cl)cc4Cl)c(OC)c3)c(=O)n2[C@H]1c1ccc(OCC)cc1. The number of carbonyl (C=O) groups is 1. The minimum absolute atomic E-state index is 0.191. The van der Waals surface area contributed by atoms with Crippen LogP contribution in [0.3, 0.4) is 0 Å². The summed E-state index contributed by atoms with van der Waals surface area (Å²) in [5.74, 6) is 1.11. The van der Waals surface area contributed by atoms with Crippen LogP contribution < -0.4 is 29.1 Å². The Hall–Kier alpha value is -3.57. The van der Waals surface area contributed by atoms with Crippen LogP contribution in [-0.2, 0) is 16.1 Å². The lowest BCUT2D eigenvalue weighted by molar-refractivity contribution is -0.139. The first-order chi connectivity index (χ1) is 21.6. The van der Waals surface area contributed by atoms with Crippen molar-refractivity contribution in [1.29, 1.82) is 0 Å². The molecule has 1 aliphatic heterocycles. The third kappa shape index (κ3) is 6.99. The fourth-order valence-electron chi connectivity index (χ4n) is 4.92. The number of carbonyl (C=O) groups excluding carboxylic acids is 1. The lowest BCUT2D eigenvalue weighted by Gasteiger charge is -2.24. The van der Waals surface area contributed by atoms with Gasteiger partial charge in [0.1, 0.15) is 12.4 Å². The first-order valence-electron chi connectivity index (χ1n) is 14.0. The summed E-state index contributed by atoms with van der Waals surface area (Å²) in [5.41, 5.74) is 2.70. The van der Waals surface area contributed by atoms with Gasteiger partial charge in [0, 0.05) is 15.6 Å². The lowest BCUT2D eigenvalue weighted by Crippen LogP contribution is -2.39. The molecule has 1 aromatic heterocycles. The van der Waals surface area contributed by atoms with Gasteiger partial charge in [0.2, 0.25) is 0 Å². The van der Waals surface area contributed by atoms with E-state index in [1.807, 2.05) is 37.3 Å². The summed E-state index contributed by atoms with van der Waals surface area (Å²) in [7, 11) is 1.54. The predicted molar refractivity (Wildman–Crippen MR) is 179 cm³/mol. The van der Waals surface area contributed by atoms with Gasteiger partial charge >= 0.3 is 5.97 Å². The van der Waals surface area contributed by atoms with E-state index in [0.717, 1.165) is 11.1 Å². The van der Waals surface area contributed by atoms with Gasteiger partial charge < -0.3 is 18.9 Å². The van der Waals surface area contributed by atoms with E-state index >= 15 is 0 Å². The summed E-state index contributed by atoms with van der Waals surface area (Å²) < 4.78 is 25.3. The molecule has 1 aliphatic rings. The minimum atomic E-state index is -0.727. The molecule has 0 spiro atoms. The third-order valence-electron chi connectivity index (χ3n) is 6.96. The summed E-state index contributed by atoms with van der Waals surface area (Å²) in [5, 5.41) is 1.03. The van der Waals surface area contributed by atoms with Gasteiger partial charge in [-0.05, 0) is 90.3 Å². The average molecular weight is 732 g/mol. The monoisotopic (exact) mass is 730 g/mol. The van der Waals surface area contributed by atoms with E-state index in [1.54, 1.807) is 48.8 Å². The van der Waals surface area contributed by atoms with Crippen LogP contribution in [-0.4, -0.2) is 30.9 Å². The molecule has 0 saturated carbocycles. The topological polar surface area (TPSA) is 88.4 Å². The van der Waals surface area contributed by atoms with Crippen molar-refractivity contribution >= 4 is 62.5 Å². The minimum Gasteiger partial charge on any atom is -0.494 e. The van der Waals surface area contributed by atoms with Crippen molar-refractivity contribution in [3.63, 3.8) is 0 Å². The molecule has 0 radical (unpaired) electrons. The molecule has 45 heavy (non-hydrogen) atoms. The summed E-state index contributed by atoms with van der Waals surface area (Å²) in [6.45, 7) is 6.30. The molecule has 3 aromatic carbocycles. The smallest absolute Gasteiger partial charge is 0.338 e. The highest BCUT2D eigenvalue weighted by atomic mass is 79.9. The van der Waals surface area contributed by atoms with Crippen LogP contribution >= 0.6 is 50.5 Å². The Bertz CT molecular complexity index is 1970. The summed E-state index contributed by atoms with van der Waals surface area (Å²) in [6, 6.07) is 15.4. The molecule has 0 amide bonds. The molecule has 4 aromatic rings. The van der Waals surface area contributed by atoms with Crippen LogP contribution in [0.4, 0.5) is 0 Å². The van der Waals surface area contributed by atoms with Crippen molar-refractivity contribution < 1.29 is 23.7 Å². The van der Waals surface area contributed by atoms with Gasteiger partial charge in [0.25, 0.3) is 5.56 Å². The second-order valence-corrected chi connectivity index (χ2v) is 12.6. The highest BCUT2D eigenvalue weighted by Gasteiger charge is 2.33. The Balaban J connectivity index is 1.56. The first-order valence-corrected chi connectivity index (χ1v) is 16.4. The molecule has 8 nitrogen and oxygen atoms in total. The van der Waals surface area contributed by atoms with Crippen LogP contribution in [0.25, 0.3) is 6.08 Å². The molecule has 0 bridgehead atoms. The fourth-order valence-corrected chi connectivity index (χ4v) is 7.01. The van der Waals surface area contributed by atoms with E-state index < -0.39 is 12.0 Å². The number of benzene rings is 3. The molecule has 1 atom stereocenters. The molecule has 0 saturated heterocycles. The van der Waals surface area contributed by atoms with Gasteiger partial charge in [-0.25, -0.2) is 9.79 Å². The van der Waals surface area contributed by atoms with Gasteiger partial charge in [-0.15, -0.1) is 0 Å². The molecular formula is C33H29BrCl2N2O6S. The van der Waals surface area contributed by atoms with Crippen LogP contribution in [0.15, 0.2) is 80.1 Å². The number of hydrogen-bond acceptors (Lipinski definition) is 8. The molecular weight excluding hydrogens is 703 g/mol. The maximum Gasteiger partial charge on any atom is 0.338 e. The van der Waals surface area contributed by atoms with E-state index in [-0.39, 0.29) is 18.8 Å². The van der Waals surface area contributed by atoms with Crippen molar-refractivity contribution in [2.75, 3.05) is 20.3 Å². The van der Waals surface area contributed by atoms with E-state index in [9.17, 15) is 9.59 Å². The number of hydrogen-bond donors (Lipinski definition) is 0. The van der Waals surface area contributed by atoms with E-state index in [0.29, 0.717) is 64.5 Å². The lowest BCUT2D eigenvalue weighted by atomic mass is 9.96. The zero-order valence-electron chi connectivity index (χ0n) is 24.9. The highest BCUT2D eigenvalue weighted by Crippen LogP contribution is 2.38. The Labute approximate surface area is 282 Å². The standard InChI is InChI=1S/C33H29BrCl2N2O6S/c1-5-42-23-11-8-20(9-12-23)29-28(32(40)43-6-2)18(3)37-33-38(29)31(39)27(45-33)15-19-13-24(34)30(26(14-19)41-4)44-17-21-7-10-22(35)16-25(21)36/h7-16,29H,5-6,17H2,1-4H3/b27-15-/t29-/m0/s1. The van der Waals surface area contributed by atoms with Gasteiger partial charge in [0.05, 0.1) is 46.6 Å². The molecule has 0 N–H and O–H groups in total.